The molecule has 0 amide bonds. The van der Waals surface area contributed by atoms with E-state index in [1.807, 2.05) is 12.2 Å². The zero-order chi connectivity index (χ0) is 17.6. The van der Waals surface area contributed by atoms with Crippen LogP contribution in [0, 0.1) is 0 Å². The van der Waals surface area contributed by atoms with Gasteiger partial charge in [-0.2, -0.15) is 0 Å². The lowest BCUT2D eigenvalue weighted by molar-refractivity contribution is 0.122. The minimum atomic E-state index is 0.360. The summed E-state index contributed by atoms with van der Waals surface area (Å²) in [7, 11) is 0. The number of benzene rings is 1. The molecule has 1 aromatic heterocycles. The molecule has 0 spiro atoms. The molecular formula is C20H27N5. The summed E-state index contributed by atoms with van der Waals surface area (Å²) in [5, 5.41) is 0. The molecule has 1 unspecified atom stereocenters. The molecule has 0 radical (unpaired) electrons. The van der Waals surface area contributed by atoms with Crippen LogP contribution in [0.1, 0.15) is 31.9 Å². The van der Waals surface area contributed by atoms with Gasteiger partial charge in [-0.3, -0.25) is 14.9 Å². The van der Waals surface area contributed by atoms with E-state index in [9.17, 15) is 0 Å². The molecule has 1 aliphatic rings. The van der Waals surface area contributed by atoms with Crippen molar-refractivity contribution in [2.24, 2.45) is 5.73 Å². The van der Waals surface area contributed by atoms with Crippen LogP contribution in [-0.2, 0) is 0 Å². The zero-order valence-electron chi connectivity index (χ0n) is 15.1. The fourth-order valence-corrected chi connectivity index (χ4v) is 3.23. The van der Waals surface area contributed by atoms with E-state index in [-0.39, 0.29) is 0 Å². The first-order valence-electron chi connectivity index (χ1n) is 9.01. The predicted molar refractivity (Wildman–Crippen MR) is 103 cm³/mol. The number of nitrogens with zero attached hydrogens (tertiary/aromatic N) is 4. The topological polar surface area (TPSA) is 58.3 Å². The van der Waals surface area contributed by atoms with E-state index < -0.39 is 0 Å². The van der Waals surface area contributed by atoms with E-state index in [4.69, 9.17) is 5.73 Å². The normalized spacial score (nSPS) is 18.2. The molecule has 5 heteroatoms. The molecule has 3 rings (SSSR count). The standard InChI is InChI=1S/C20H27N5/c1-3-4-5-6-20(21)25-13-11-24(12-14-25)16(2)17-7-8-18-19(15-17)23-10-9-22-18/h4-10,15-16H,3,11-14,21H2,1-2H3/b5-4-,20-6+. The lowest BCUT2D eigenvalue weighted by atomic mass is 10.0. The van der Waals surface area contributed by atoms with E-state index >= 15 is 0 Å². The molecule has 1 fully saturated rings. The summed E-state index contributed by atoms with van der Waals surface area (Å²) in [4.78, 5) is 13.5. The Labute approximate surface area is 149 Å². The second-order valence-corrected chi connectivity index (χ2v) is 6.43. The second kappa shape index (κ2) is 8.12. The zero-order valence-corrected chi connectivity index (χ0v) is 15.1. The molecule has 2 aromatic rings. The third-order valence-corrected chi connectivity index (χ3v) is 4.84. The highest BCUT2D eigenvalue weighted by molar-refractivity contribution is 5.74. The number of hydrogen-bond donors (Lipinski definition) is 1. The minimum absolute atomic E-state index is 0.360. The predicted octanol–water partition coefficient (Wildman–Crippen LogP) is 3.07. The number of hydrogen-bond acceptors (Lipinski definition) is 5. The van der Waals surface area contributed by atoms with Crippen LogP contribution in [0.3, 0.4) is 0 Å². The number of rotatable bonds is 5. The van der Waals surface area contributed by atoms with Gasteiger partial charge in [0.05, 0.1) is 16.9 Å². The Kier molecular flexibility index (Phi) is 5.66. The average molecular weight is 337 g/mol. The van der Waals surface area contributed by atoms with Crippen molar-refractivity contribution < 1.29 is 0 Å². The molecule has 132 valence electrons. The van der Waals surface area contributed by atoms with Crippen molar-refractivity contribution in [2.45, 2.75) is 26.3 Å². The third-order valence-electron chi connectivity index (χ3n) is 4.84. The number of fused-ring (bicyclic) bond motifs is 1. The van der Waals surface area contributed by atoms with Crippen LogP contribution in [0.4, 0.5) is 0 Å². The Morgan fingerprint density at radius 3 is 2.60 bits per heavy atom. The molecule has 1 aromatic carbocycles. The van der Waals surface area contributed by atoms with E-state index in [0.29, 0.717) is 6.04 Å². The fraction of sp³-hybridized carbons (Fsp3) is 0.400. The van der Waals surface area contributed by atoms with Crippen LogP contribution in [-0.4, -0.2) is 45.9 Å². The highest BCUT2D eigenvalue weighted by Gasteiger charge is 2.22. The first kappa shape index (κ1) is 17.4. The van der Waals surface area contributed by atoms with Gasteiger partial charge in [-0.15, -0.1) is 0 Å². The van der Waals surface area contributed by atoms with Crippen molar-refractivity contribution in [1.82, 2.24) is 19.8 Å². The first-order valence-corrected chi connectivity index (χ1v) is 9.01. The summed E-state index contributed by atoms with van der Waals surface area (Å²) in [6.07, 6.45) is 10.7. The highest BCUT2D eigenvalue weighted by atomic mass is 15.3. The smallest absolute Gasteiger partial charge is 0.0987 e. The van der Waals surface area contributed by atoms with E-state index in [1.54, 1.807) is 12.4 Å². The van der Waals surface area contributed by atoms with Crippen molar-refractivity contribution in [3.8, 4) is 0 Å². The summed E-state index contributed by atoms with van der Waals surface area (Å²) in [5.41, 5.74) is 9.38. The number of nitrogens with two attached hydrogens (primary N) is 1. The quantitative estimate of drug-likeness (QED) is 0.850. The Morgan fingerprint density at radius 1 is 1.16 bits per heavy atom. The highest BCUT2D eigenvalue weighted by Crippen LogP contribution is 2.24. The maximum Gasteiger partial charge on any atom is 0.0987 e. The SMILES string of the molecule is CC/C=C\C=C(/N)N1CCN(C(C)c2ccc3nccnc3c2)CC1. The monoisotopic (exact) mass is 337 g/mol. The number of aromatic nitrogens is 2. The van der Waals surface area contributed by atoms with Crippen LogP contribution >= 0.6 is 0 Å². The summed E-state index contributed by atoms with van der Waals surface area (Å²) in [6, 6.07) is 6.74. The fourth-order valence-electron chi connectivity index (χ4n) is 3.23. The Bertz CT molecular complexity index is 760. The lowest BCUT2D eigenvalue weighted by Gasteiger charge is -2.39. The molecule has 1 saturated heterocycles. The number of allylic oxidation sites excluding steroid dienone is 3. The molecule has 0 bridgehead atoms. The molecule has 2 N–H and O–H groups in total. The molecule has 0 aliphatic carbocycles. The second-order valence-electron chi connectivity index (χ2n) is 6.43. The van der Waals surface area contributed by atoms with Crippen molar-refractivity contribution in [3.63, 3.8) is 0 Å². The van der Waals surface area contributed by atoms with Gasteiger partial charge in [0.15, 0.2) is 0 Å². The van der Waals surface area contributed by atoms with Crippen LogP contribution in [0.2, 0.25) is 0 Å². The van der Waals surface area contributed by atoms with Gasteiger partial charge in [-0.1, -0.05) is 25.1 Å². The summed E-state index contributed by atoms with van der Waals surface area (Å²) in [5.74, 6) is 0.859. The van der Waals surface area contributed by atoms with Crippen LogP contribution in [0.15, 0.2) is 54.6 Å². The van der Waals surface area contributed by atoms with Crippen molar-refractivity contribution in [1.29, 1.82) is 0 Å². The average Bonchev–Trinajstić information content (AvgIpc) is 2.67. The van der Waals surface area contributed by atoms with Gasteiger partial charge in [0.2, 0.25) is 0 Å². The van der Waals surface area contributed by atoms with E-state index in [0.717, 1.165) is 49.5 Å². The first-order chi connectivity index (χ1) is 12.2. The largest absolute Gasteiger partial charge is 0.385 e. The van der Waals surface area contributed by atoms with Crippen LogP contribution in [0.25, 0.3) is 11.0 Å². The molecule has 2 heterocycles. The van der Waals surface area contributed by atoms with E-state index in [1.165, 1.54) is 5.56 Å². The Morgan fingerprint density at radius 2 is 1.88 bits per heavy atom. The van der Waals surface area contributed by atoms with Gasteiger partial charge in [-0.25, -0.2) is 0 Å². The minimum Gasteiger partial charge on any atom is -0.385 e. The van der Waals surface area contributed by atoms with Gasteiger partial charge in [0.25, 0.3) is 0 Å². The summed E-state index contributed by atoms with van der Waals surface area (Å²) < 4.78 is 0. The summed E-state index contributed by atoms with van der Waals surface area (Å²) in [6.45, 7) is 8.31. The maximum atomic E-state index is 6.19. The van der Waals surface area contributed by atoms with Crippen LogP contribution < -0.4 is 5.73 Å². The van der Waals surface area contributed by atoms with Crippen molar-refractivity contribution >= 4 is 11.0 Å². The van der Waals surface area contributed by atoms with E-state index in [2.05, 4.69) is 57.9 Å². The van der Waals surface area contributed by atoms with Gasteiger partial charge in [0, 0.05) is 44.6 Å². The van der Waals surface area contributed by atoms with Gasteiger partial charge in [-0.05, 0) is 37.1 Å². The number of piperazine rings is 1. The Hall–Kier alpha value is -2.40. The summed E-state index contributed by atoms with van der Waals surface area (Å²) >= 11 is 0. The Balaban J connectivity index is 1.63. The van der Waals surface area contributed by atoms with Crippen molar-refractivity contribution in [3.05, 3.63) is 60.2 Å². The van der Waals surface area contributed by atoms with Gasteiger partial charge < -0.3 is 10.6 Å². The molecule has 25 heavy (non-hydrogen) atoms. The van der Waals surface area contributed by atoms with Crippen LogP contribution in [0.5, 0.6) is 0 Å². The van der Waals surface area contributed by atoms with Gasteiger partial charge >= 0.3 is 0 Å². The third kappa shape index (κ3) is 4.17. The molecule has 1 aliphatic heterocycles. The van der Waals surface area contributed by atoms with Crippen molar-refractivity contribution in [2.75, 3.05) is 26.2 Å². The van der Waals surface area contributed by atoms with Gasteiger partial charge in [0.1, 0.15) is 0 Å². The lowest BCUT2D eigenvalue weighted by Crippen LogP contribution is -2.47. The molecular weight excluding hydrogens is 310 g/mol. The molecule has 0 saturated carbocycles. The molecule has 1 atom stereocenters. The maximum absolute atomic E-state index is 6.19. The molecule has 5 nitrogen and oxygen atoms in total.